The van der Waals surface area contributed by atoms with Crippen molar-refractivity contribution < 1.29 is 9.53 Å². The van der Waals surface area contributed by atoms with Gasteiger partial charge < -0.3 is 34.6 Å². The first kappa shape index (κ1) is 25.9. The van der Waals surface area contributed by atoms with Crippen LogP contribution in [0.1, 0.15) is 19.9 Å². The van der Waals surface area contributed by atoms with Crippen LogP contribution in [0.25, 0.3) is 11.2 Å². The lowest BCUT2D eigenvalue weighted by atomic mass is 10.2. The van der Waals surface area contributed by atoms with E-state index in [1.54, 1.807) is 7.11 Å². The van der Waals surface area contributed by atoms with Crippen molar-refractivity contribution >= 4 is 40.2 Å². The number of hydrogen-bond donors (Lipinski definition) is 2. The van der Waals surface area contributed by atoms with Gasteiger partial charge in [0.05, 0.1) is 18.5 Å². The first-order chi connectivity index (χ1) is 18.4. The first-order valence-corrected chi connectivity index (χ1v) is 13.1. The maximum Gasteiger partial charge on any atom is 0.243 e. The number of aromatic nitrogens is 4. The minimum absolute atomic E-state index is 0.184. The Morgan fingerprint density at radius 2 is 1.84 bits per heavy atom. The van der Waals surface area contributed by atoms with E-state index < -0.39 is 0 Å². The van der Waals surface area contributed by atoms with Crippen LogP contribution >= 0.6 is 0 Å². The summed E-state index contributed by atoms with van der Waals surface area (Å²) in [7, 11) is 3.81. The highest BCUT2D eigenvalue weighted by molar-refractivity contribution is 5.88. The van der Waals surface area contributed by atoms with E-state index in [0.717, 1.165) is 37.5 Å². The standard InChI is InChI=1S/C27H37N9O2/c1-6-23(37)30-21-15-35(16-22(21)38-5)27-31-25(24-26(32-27)36(17-28-24)18(2)3)29-19-7-9-20(10-8-19)34-13-11-33(4)12-14-34/h6-10,17-18,21-22H,1,11-16H2,2-5H3,(H,30,37)(H,29,31,32)/t21-,22-/m1/s1. The minimum atomic E-state index is -0.226. The average molecular weight is 520 g/mol. The van der Waals surface area contributed by atoms with Gasteiger partial charge in [-0.3, -0.25) is 4.79 Å². The molecule has 11 nitrogen and oxygen atoms in total. The third-order valence-corrected chi connectivity index (χ3v) is 7.33. The van der Waals surface area contributed by atoms with E-state index in [4.69, 9.17) is 14.7 Å². The Morgan fingerprint density at radius 1 is 1.11 bits per heavy atom. The highest BCUT2D eigenvalue weighted by Gasteiger charge is 2.35. The summed E-state index contributed by atoms with van der Waals surface area (Å²) in [5.74, 6) is 0.980. The lowest BCUT2D eigenvalue weighted by molar-refractivity contribution is -0.117. The Morgan fingerprint density at radius 3 is 2.50 bits per heavy atom. The molecule has 0 spiro atoms. The normalized spacial score (nSPS) is 20.3. The van der Waals surface area contributed by atoms with Gasteiger partial charge in [-0.15, -0.1) is 0 Å². The number of amides is 1. The monoisotopic (exact) mass is 519 g/mol. The maximum absolute atomic E-state index is 12.0. The van der Waals surface area contributed by atoms with Crippen molar-refractivity contribution in [3.8, 4) is 0 Å². The summed E-state index contributed by atoms with van der Waals surface area (Å²) >= 11 is 0. The van der Waals surface area contributed by atoms with Gasteiger partial charge >= 0.3 is 0 Å². The number of fused-ring (bicyclic) bond motifs is 1. The molecule has 0 saturated carbocycles. The molecule has 11 heteroatoms. The van der Waals surface area contributed by atoms with Crippen LogP contribution in [0.3, 0.4) is 0 Å². The number of carbonyl (C=O) groups is 1. The molecule has 4 heterocycles. The molecule has 38 heavy (non-hydrogen) atoms. The molecule has 2 atom stereocenters. The van der Waals surface area contributed by atoms with E-state index in [-0.39, 0.29) is 24.1 Å². The van der Waals surface area contributed by atoms with E-state index in [9.17, 15) is 4.79 Å². The summed E-state index contributed by atoms with van der Waals surface area (Å²) in [6, 6.07) is 8.45. The van der Waals surface area contributed by atoms with Crippen molar-refractivity contribution in [2.45, 2.75) is 32.0 Å². The van der Waals surface area contributed by atoms with Gasteiger partial charge in [0.1, 0.15) is 0 Å². The maximum atomic E-state index is 12.0. The quantitative estimate of drug-likeness (QED) is 0.434. The highest BCUT2D eigenvalue weighted by Crippen LogP contribution is 2.30. The van der Waals surface area contributed by atoms with Gasteiger partial charge in [-0.05, 0) is 51.2 Å². The molecule has 2 aliphatic heterocycles. The summed E-state index contributed by atoms with van der Waals surface area (Å²) in [5.41, 5.74) is 3.62. The largest absolute Gasteiger partial charge is 0.377 e. The smallest absolute Gasteiger partial charge is 0.243 e. The zero-order chi connectivity index (χ0) is 26.8. The number of nitrogens with one attached hydrogen (secondary N) is 2. The fourth-order valence-corrected chi connectivity index (χ4v) is 5.02. The number of carbonyl (C=O) groups excluding carboxylic acids is 1. The van der Waals surface area contributed by atoms with E-state index >= 15 is 0 Å². The Kier molecular flexibility index (Phi) is 7.48. The molecule has 3 aromatic rings. The van der Waals surface area contributed by atoms with Crippen LogP contribution in [-0.4, -0.2) is 95.9 Å². The number of hydrogen-bond acceptors (Lipinski definition) is 9. The Hall–Kier alpha value is -3.70. The molecule has 1 aromatic carbocycles. The number of anilines is 4. The van der Waals surface area contributed by atoms with Crippen LogP contribution < -0.4 is 20.4 Å². The molecule has 5 rings (SSSR count). The Bertz CT molecular complexity index is 1280. The molecule has 0 unspecified atom stereocenters. The summed E-state index contributed by atoms with van der Waals surface area (Å²) in [6.45, 7) is 13.0. The number of ether oxygens (including phenoxy) is 1. The number of piperazine rings is 1. The lowest BCUT2D eigenvalue weighted by Crippen LogP contribution is -2.44. The van der Waals surface area contributed by atoms with Crippen LogP contribution in [-0.2, 0) is 9.53 Å². The van der Waals surface area contributed by atoms with Gasteiger partial charge in [0, 0.05) is 63.8 Å². The van der Waals surface area contributed by atoms with E-state index in [2.05, 4.69) is 77.2 Å². The van der Waals surface area contributed by atoms with Crippen molar-refractivity contribution in [3.63, 3.8) is 0 Å². The molecule has 0 bridgehead atoms. The molecular weight excluding hydrogens is 482 g/mol. The number of nitrogens with zero attached hydrogens (tertiary/aromatic N) is 7. The third-order valence-electron chi connectivity index (χ3n) is 7.33. The van der Waals surface area contributed by atoms with Gasteiger partial charge in [0.25, 0.3) is 0 Å². The van der Waals surface area contributed by atoms with E-state index in [1.807, 2.05) is 15.8 Å². The molecule has 0 aliphatic carbocycles. The number of likely N-dealkylation sites (N-methyl/N-ethyl adjacent to an activating group) is 1. The zero-order valence-electron chi connectivity index (χ0n) is 22.6. The van der Waals surface area contributed by atoms with E-state index in [0.29, 0.717) is 30.4 Å². The summed E-state index contributed by atoms with van der Waals surface area (Å²) in [4.78, 5) is 33.2. The van der Waals surface area contributed by atoms with Crippen molar-refractivity contribution in [3.05, 3.63) is 43.2 Å². The van der Waals surface area contributed by atoms with Gasteiger partial charge in [0.15, 0.2) is 17.0 Å². The second kappa shape index (κ2) is 11.0. The molecular formula is C27H37N9O2. The third kappa shape index (κ3) is 5.30. The SMILES string of the molecule is C=CC(=O)N[C@@H]1CN(c2nc(Nc3ccc(N4CCN(C)CC4)cc3)c3ncn(C(C)C)c3n2)C[C@H]1OC. The first-order valence-electron chi connectivity index (χ1n) is 13.1. The molecule has 1 amide bonds. The molecule has 2 fully saturated rings. The zero-order valence-corrected chi connectivity index (χ0v) is 22.6. The molecule has 2 aromatic heterocycles. The predicted molar refractivity (Wildman–Crippen MR) is 150 cm³/mol. The number of imidazole rings is 1. The second-order valence-electron chi connectivity index (χ2n) is 10.3. The fraction of sp³-hybridized carbons (Fsp3) is 0.481. The number of methoxy groups -OCH3 is 1. The summed E-state index contributed by atoms with van der Waals surface area (Å²) < 4.78 is 7.71. The average Bonchev–Trinajstić information content (AvgIpc) is 3.54. The van der Waals surface area contributed by atoms with Crippen LogP contribution in [0.4, 0.5) is 23.1 Å². The molecule has 202 valence electrons. The fourth-order valence-electron chi connectivity index (χ4n) is 5.02. The lowest BCUT2D eigenvalue weighted by Gasteiger charge is -2.34. The molecule has 0 radical (unpaired) electrons. The van der Waals surface area contributed by atoms with Crippen molar-refractivity contribution in [2.24, 2.45) is 0 Å². The van der Waals surface area contributed by atoms with Crippen LogP contribution in [0.2, 0.25) is 0 Å². The van der Waals surface area contributed by atoms with Crippen LogP contribution in [0.5, 0.6) is 0 Å². The molecule has 2 aliphatic rings. The topological polar surface area (TPSA) is 104 Å². The highest BCUT2D eigenvalue weighted by atomic mass is 16.5. The van der Waals surface area contributed by atoms with Crippen molar-refractivity contribution in [1.29, 1.82) is 0 Å². The number of benzene rings is 1. The van der Waals surface area contributed by atoms with Gasteiger partial charge in [-0.25, -0.2) is 4.98 Å². The Balaban J connectivity index is 1.43. The molecule has 2 N–H and O–H groups in total. The summed E-state index contributed by atoms with van der Waals surface area (Å²) in [6.07, 6.45) is 2.90. The second-order valence-corrected chi connectivity index (χ2v) is 10.3. The van der Waals surface area contributed by atoms with Gasteiger partial charge in [-0.1, -0.05) is 6.58 Å². The predicted octanol–water partition coefficient (Wildman–Crippen LogP) is 2.41. The molecule has 2 saturated heterocycles. The van der Waals surface area contributed by atoms with Crippen LogP contribution in [0, 0.1) is 0 Å². The minimum Gasteiger partial charge on any atom is -0.377 e. The number of rotatable bonds is 8. The van der Waals surface area contributed by atoms with Crippen molar-refractivity contribution in [1.82, 2.24) is 29.7 Å². The van der Waals surface area contributed by atoms with Gasteiger partial charge in [-0.2, -0.15) is 9.97 Å². The van der Waals surface area contributed by atoms with Gasteiger partial charge in [0.2, 0.25) is 11.9 Å². The van der Waals surface area contributed by atoms with Crippen molar-refractivity contribution in [2.75, 3.05) is 68.5 Å². The Labute approximate surface area is 223 Å². The van der Waals surface area contributed by atoms with E-state index in [1.165, 1.54) is 11.8 Å². The van der Waals surface area contributed by atoms with Crippen LogP contribution in [0.15, 0.2) is 43.2 Å². The summed E-state index contributed by atoms with van der Waals surface area (Å²) in [5, 5.41) is 6.44.